The number of hydrogen-bond donors (Lipinski definition) is 3. The summed E-state index contributed by atoms with van der Waals surface area (Å²) in [6, 6.07) is 0. The van der Waals surface area contributed by atoms with E-state index in [9.17, 15) is 43.2 Å². The fourth-order valence-electron chi connectivity index (χ4n) is 12.2. The molecular weight excluding hydrogens is 1280 g/mol. The van der Waals surface area contributed by atoms with E-state index in [1.165, 1.54) is 238 Å². The van der Waals surface area contributed by atoms with Gasteiger partial charge in [-0.05, 0) is 31.6 Å². The molecule has 98 heavy (non-hydrogen) atoms. The molecule has 19 heteroatoms. The van der Waals surface area contributed by atoms with Crippen LogP contribution in [-0.2, 0) is 65.4 Å². The Morgan fingerprint density at radius 1 is 0.276 bits per heavy atom. The van der Waals surface area contributed by atoms with E-state index in [-0.39, 0.29) is 25.7 Å². The van der Waals surface area contributed by atoms with Crippen molar-refractivity contribution < 1.29 is 80.2 Å². The number of esters is 4. The monoisotopic (exact) mass is 1440 g/mol. The minimum atomic E-state index is -4.96. The van der Waals surface area contributed by atoms with Gasteiger partial charge in [-0.1, -0.05) is 369 Å². The molecule has 0 aromatic rings. The van der Waals surface area contributed by atoms with Gasteiger partial charge in [0.1, 0.15) is 19.3 Å². The van der Waals surface area contributed by atoms with Crippen LogP contribution in [0.15, 0.2) is 0 Å². The molecule has 0 aliphatic carbocycles. The van der Waals surface area contributed by atoms with E-state index in [0.29, 0.717) is 25.7 Å². The van der Waals surface area contributed by atoms with Crippen molar-refractivity contribution in [1.29, 1.82) is 0 Å². The number of phosphoric ester groups is 2. The van der Waals surface area contributed by atoms with Crippen molar-refractivity contribution in [3.05, 3.63) is 0 Å². The van der Waals surface area contributed by atoms with Crippen molar-refractivity contribution in [3.63, 3.8) is 0 Å². The van der Waals surface area contributed by atoms with E-state index in [1.54, 1.807) is 0 Å². The number of hydrogen-bond acceptors (Lipinski definition) is 15. The van der Waals surface area contributed by atoms with Gasteiger partial charge in [0, 0.05) is 25.7 Å². The predicted molar refractivity (Wildman–Crippen MR) is 400 cm³/mol. The van der Waals surface area contributed by atoms with Gasteiger partial charge in [-0.25, -0.2) is 9.13 Å². The highest BCUT2D eigenvalue weighted by Crippen LogP contribution is 2.45. The lowest BCUT2D eigenvalue weighted by atomic mass is 10.0. The Morgan fingerprint density at radius 2 is 0.469 bits per heavy atom. The van der Waals surface area contributed by atoms with Gasteiger partial charge in [-0.15, -0.1) is 0 Å². The molecule has 3 N–H and O–H groups in total. The molecule has 2 unspecified atom stereocenters. The third-order valence-corrected chi connectivity index (χ3v) is 20.4. The maximum atomic E-state index is 13.1. The van der Waals surface area contributed by atoms with E-state index in [2.05, 4.69) is 34.6 Å². The van der Waals surface area contributed by atoms with E-state index in [1.807, 2.05) is 0 Å². The zero-order valence-electron chi connectivity index (χ0n) is 63.9. The fraction of sp³-hybridized carbons (Fsp3) is 0.949. The Morgan fingerprint density at radius 3 is 0.694 bits per heavy atom. The van der Waals surface area contributed by atoms with Crippen molar-refractivity contribution in [2.24, 2.45) is 5.92 Å². The molecular formula is C79H154O17P2. The van der Waals surface area contributed by atoms with Gasteiger partial charge in [0.05, 0.1) is 26.4 Å². The van der Waals surface area contributed by atoms with Crippen LogP contribution in [-0.4, -0.2) is 96.7 Å². The first-order valence-corrected chi connectivity index (χ1v) is 44.1. The number of aliphatic hydroxyl groups excluding tert-OH is 1. The van der Waals surface area contributed by atoms with Gasteiger partial charge in [0.25, 0.3) is 0 Å². The Balaban J connectivity index is 5.12. The summed E-state index contributed by atoms with van der Waals surface area (Å²) >= 11 is 0. The highest BCUT2D eigenvalue weighted by atomic mass is 31.2. The van der Waals surface area contributed by atoms with Gasteiger partial charge >= 0.3 is 39.5 Å². The number of phosphoric acid groups is 2. The summed E-state index contributed by atoms with van der Waals surface area (Å²) in [5, 5.41) is 10.6. The Bertz CT molecular complexity index is 1870. The van der Waals surface area contributed by atoms with Crippen LogP contribution in [0.3, 0.4) is 0 Å². The van der Waals surface area contributed by atoms with Gasteiger partial charge < -0.3 is 33.8 Å². The number of carbonyl (C=O) groups excluding carboxylic acids is 4. The lowest BCUT2D eigenvalue weighted by Crippen LogP contribution is -2.30. The molecule has 0 fully saturated rings. The summed E-state index contributed by atoms with van der Waals surface area (Å²) in [6.07, 6.45) is 62.9. The van der Waals surface area contributed by atoms with Crippen molar-refractivity contribution in [3.8, 4) is 0 Å². The number of carbonyl (C=O) groups is 4. The number of aliphatic hydroxyl groups is 1. The minimum absolute atomic E-state index is 0.108. The van der Waals surface area contributed by atoms with Gasteiger partial charge in [0.15, 0.2) is 12.2 Å². The van der Waals surface area contributed by atoms with Crippen molar-refractivity contribution in [1.82, 2.24) is 0 Å². The van der Waals surface area contributed by atoms with Crippen molar-refractivity contribution >= 4 is 39.5 Å². The summed E-state index contributed by atoms with van der Waals surface area (Å²) < 4.78 is 68.4. The second kappa shape index (κ2) is 72.0. The van der Waals surface area contributed by atoms with E-state index < -0.39 is 97.5 Å². The Hall–Kier alpha value is -1.94. The van der Waals surface area contributed by atoms with E-state index in [4.69, 9.17) is 37.0 Å². The first kappa shape index (κ1) is 96.1. The number of unbranched alkanes of at least 4 members (excludes halogenated alkanes) is 51. The molecule has 0 saturated carbocycles. The molecule has 0 aromatic carbocycles. The third-order valence-electron chi connectivity index (χ3n) is 18.5. The molecule has 0 aliphatic heterocycles. The topological polar surface area (TPSA) is 237 Å². The average molecular weight is 1440 g/mol. The summed E-state index contributed by atoms with van der Waals surface area (Å²) in [5.74, 6) is -1.31. The second-order valence-corrected chi connectivity index (χ2v) is 31.8. The zero-order chi connectivity index (χ0) is 71.9. The van der Waals surface area contributed by atoms with Crippen LogP contribution in [0.4, 0.5) is 0 Å². The third kappa shape index (κ3) is 72.4. The van der Waals surface area contributed by atoms with Crippen LogP contribution < -0.4 is 0 Å². The number of rotatable bonds is 79. The zero-order valence-corrected chi connectivity index (χ0v) is 65.7. The molecule has 0 spiro atoms. The molecule has 0 amide bonds. The molecule has 5 atom stereocenters. The van der Waals surface area contributed by atoms with Crippen LogP contribution >= 0.6 is 15.6 Å². The normalized spacial score (nSPS) is 13.9. The summed E-state index contributed by atoms with van der Waals surface area (Å²) in [6.45, 7) is 7.26. The van der Waals surface area contributed by atoms with Crippen LogP contribution in [0.5, 0.6) is 0 Å². The molecule has 0 rings (SSSR count). The lowest BCUT2D eigenvalue weighted by Gasteiger charge is -2.21. The number of ether oxygens (including phenoxy) is 4. The molecule has 0 aliphatic rings. The standard InChI is InChI=1S/C79H154O17P2/c1-6-9-12-15-17-19-21-23-25-27-28-29-33-38-42-46-50-55-60-65-79(84)96-75(69-90-77(82)63-58-53-48-44-40-36-34-30-31-35-39-43-47-52-56-61-72(4)5)71-94-98(87,88)92-67-73(80)66-91-97(85,86)93-70-74(68-89-76(81)62-57-51-14-11-8-3)95-78(83)64-59-54-49-45-41-37-32-26-24-22-20-18-16-13-10-7-2/h72-75,80H,6-71H2,1-5H3,(H,85,86)(H,87,88)/t73-,74+,75+/m0/s1. The summed E-state index contributed by atoms with van der Waals surface area (Å²) in [7, 11) is -9.91. The Labute approximate surface area is 600 Å². The maximum absolute atomic E-state index is 13.1. The lowest BCUT2D eigenvalue weighted by molar-refractivity contribution is -0.161. The largest absolute Gasteiger partial charge is 0.472 e. The fourth-order valence-corrected chi connectivity index (χ4v) is 13.8. The van der Waals surface area contributed by atoms with Crippen LogP contribution in [0.25, 0.3) is 0 Å². The first-order valence-electron chi connectivity index (χ1n) is 41.1. The molecule has 17 nitrogen and oxygen atoms in total. The van der Waals surface area contributed by atoms with Crippen LogP contribution in [0, 0.1) is 5.92 Å². The summed E-state index contributed by atoms with van der Waals surface area (Å²) in [5.41, 5.74) is 0. The molecule has 0 heterocycles. The first-order chi connectivity index (χ1) is 47.5. The smallest absolute Gasteiger partial charge is 0.462 e. The second-order valence-electron chi connectivity index (χ2n) is 28.9. The van der Waals surface area contributed by atoms with E-state index in [0.717, 1.165) is 102 Å². The van der Waals surface area contributed by atoms with Gasteiger partial charge in [-0.2, -0.15) is 0 Å². The average Bonchev–Trinajstić information content (AvgIpc) is 1.18. The predicted octanol–water partition coefficient (Wildman–Crippen LogP) is 23.6. The molecule has 0 aromatic heterocycles. The quantitative estimate of drug-likeness (QED) is 0.0222. The van der Waals surface area contributed by atoms with Crippen molar-refractivity contribution in [2.75, 3.05) is 39.6 Å². The summed E-state index contributed by atoms with van der Waals surface area (Å²) in [4.78, 5) is 72.7. The maximum Gasteiger partial charge on any atom is 0.472 e. The van der Waals surface area contributed by atoms with Crippen molar-refractivity contribution in [2.45, 2.75) is 438 Å². The van der Waals surface area contributed by atoms with Gasteiger partial charge in [-0.3, -0.25) is 37.3 Å². The SMILES string of the molecule is CCCCCCCCCCCCCCCCCCCCCC(=O)O[C@H](COC(=O)CCCCCCCCCCCCCCCCCC(C)C)COP(=O)(O)OC[C@@H](O)COP(=O)(O)OC[C@@H](COC(=O)CCCCCCC)OC(=O)CCCCCCCCCCCCCCCCCC. The highest BCUT2D eigenvalue weighted by Gasteiger charge is 2.30. The molecule has 0 saturated heterocycles. The highest BCUT2D eigenvalue weighted by molar-refractivity contribution is 7.47. The Kier molecular flexibility index (Phi) is 70.6. The van der Waals surface area contributed by atoms with Gasteiger partial charge in [0.2, 0.25) is 0 Å². The molecule has 0 radical (unpaired) electrons. The minimum Gasteiger partial charge on any atom is -0.462 e. The molecule has 0 bridgehead atoms. The van der Waals surface area contributed by atoms with Crippen LogP contribution in [0.1, 0.15) is 420 Å². The molecule has 582 valence electrons. The van der Waals surface area contributed by atoms with E-state index >= 15 is 0 Å². The van der Waals surface area contributed by atoms with Crippen LogP contribution in [0.2, 0.25) is 0 Å².